The molecule has 0 aliphatic heterocycles. The van der Waals surface area contributed by atoms with Gasteiger partial charge in [0.05, 0.1) is 6.61 Å². The number of benzene rings is 1. The molecular formula is C12H10N2O3S2. The van der Waals surface area contributed by atoms with Gasteiger partial charge in [-0.05, 0) is 17.7 Å². The van der Waals surface area contributed by atoms with Crippen LogP contribution in [0.25, 0.3) is 0 Å². The first-order valence-electron chi connectivity index (χ1n) is 5.29. The number of rotatable bonds is 5. The Hall–Kier alpha value is -1.72. The molecule has 0 amide bonds. The molecule has 0 bridgehead atoms. The Morgan fingerprint density at radius 2 is 1.95 bits per heavy atom. The zero-order valence-corrected chi connectivity index (χ0v) is 11.4. The van der Waals surface area contributed by atoms with Gasteiger partial charge in [-0.15, -0.1) is 11.3 Å². The average molecular weight is 294 g/mol. The molecule has 0 fully saturated rings. The SMILES string of the molecule is N#Cc1ccc(S(=O)(=O)NOCc2ccccc2)s1. The van der Waals surface area contributed by atoms with Crippen molar-refractivity contribution in [1.82, 2.24) is 4.89 Å². The molecule has 0 saturated heterocycles. The van der Waals surface area contributed by atoms with Crippen molar-refractivity contribution in [2.45, 2.75) is 10.8 Å². The molecule has 2 rings (SSSR count). The van der Waals surface area contributed by atoms with Crippen LogP contribution in [0.5, 0.6) is 0 Å². The first-order valence-corrected chi connectivity index (χ1v) is 7.59. The summed E-state index contributed by atoms with van der Waals surface area (Å²) in [5, 5.41) is 8.66. The van der Waals surface area contributed by atoms with E-state index in [4.69, 9.17) is 10.1 Å². The van der Waals surface area contributed by atoms with Gasteiger partial charge in [0.15, 0.2) is 0 Å². The van der Waals surface area contributed by atoms with Gasteiger partial charge < -0.3 is 0 Å². The second kappa shape index (κ2) is 5.95. The van der Waals surface area contributed by atoms with Crippen LogP contribution in [0.1, 0.15) is 10.4 Å². The minimum absolute atomic E-state index is 0.0529. The Morgan fingerprint density at radius 1 is 1.21 bits per heavy atom. The van der Waals surface area contributed by atoms with E-state index in [1.165, 1.54) is 12.1 Å². The smallest absolute Gasteiger partial charge is 0.271 e. The van der Waals surface area contributed by atoms with Crippen LogP contribution in [-0.4, -0.2) is 8.42 Å². The number of thiophene rings is 1. The van der Waals surface area contributed by atoms with Crippen molar-refractivity contribution < 1.29 is 13.3 Å². The lowest BCUT2D eigenvalue weighted by atomic mass is 10.2. The van der Waals surface area contributed by atoms with E-state index >= 15 is 0 Å². The van der Waals surface area contributed by atoms with Crippen LogP contribution in [-0.2, 0) is 21.5 Å². The molecule has 1 heterocycles. The van der Waals surface area contributed by atoms with E-state index in [2.05, 4.69) is 0 Å². The summed E-state index contributed by atoms with van der Waals surface area (Å²) in [6, 6.07) is 13.9. The van der Waals surface area contributed by atoms with Crippen LogP contribution in [0.2, 0.25) is 0 Å². The van der Waals surface area contributed by atoms with E-state index in [1.54, 1.807) is 0 Å². The summed E-state index contributed by atoms with van der Waals surface area (Å²) in [6.45, 7) is 0.135. The molecule has 0 unspecified atom stereocenters. The highest BCUT2D eigenvalue weighted by molar-refractivity contribution is 7.91. The van der Waals surface area contributed by atoms with E-state index in [9.17, 15) is 8.42 Å². The second-order valence-corrected chi connectivity index (χ2v) is 6.55. The number of nitrogens with zero attached hydrogens (tertiary/aromatic N) is 1. The number of nitrogens with one attached hydrogen (secondary N) is 1. The molecule has 19 heavy (non-hydrogen) atoms. The van der Waals surface area contributed by atoms with Gasteiger partial charge in [0.1, 0.15) is 15.2 Å². The monoisotopic (exact) mass is 294 g/mol. The van der Waals surface area contributed by atoms with E-state index < -0.39 is 10.0 Å². The molecule has 0 atom stereocenters. The third-order valence-corrected chi connectivity index (χ3v) is 4.90. The summed E-state index contributed by atoms with van der Waals surface area (Å²) in [7, 11) is -3.72. The largest absolute Gasteiger partial charge is 0.282 e. The lowest BCUT2D eigenvalue weighted by Crippen LogP contribution is -2.23. The fourth-order valence-corrected chi connectivity index (χ4v) is 3.22. The summed E-state index contributed by atoms with van der Waals surface area (Å²) in [6.07, 6.45) is 0. The molecular weight excluding hydrogens is 284 g/mol. The van der Waals surface area contributed by atoms with Gasteiger partial charge in [-0.3, -0.25) is 4.84 Å². The van der Waals surface area contributed by atoms with Gasteiger partial charge in [0.2, 0.25) is 0 Å². The van der Waals surface area contributed by atoms with E-state index in [-0.39, 0.29) is 10.8 Å². The summed E-state index contributed by atoms with van der Waals surface area (Å²) in [5.41, 5.74) is 0.856. The van der Waals surface area contributed by atoms with Crippen molar-refractivity contribution in [3.63, 3.8) is 0 Å². The van der Waals surface area contributed by atoms with Crippen molar-refractivity contribution in [1.29, 1.82) is 5.26 Å². The van der Waals surface area contributed by atoms with Crippen LogP contribution in [0.3, 0.4) is 0 Å². The molecule has 0 aliphatic rings. The van der Waals surface area contributed by atoms with Gasteiger partial charge >= 0.3 is 0 Å². The lowest BCUT2D eigenvalue weighted by Gasteiger charge is -2.05. The maximum Gasteiger partial charge on any atom is 0.271 e. The maximum absolute atomic E-state index is 11.8. The third-order valence-electron chi connectivity index (χ3n) is 2.21. The molecule has 2 aromatic rings. The molecule has 1 aromatic heterocycles. The van der Waals surface area contributed by atoms with E-state index in [0.717, 1.165) is 16.9 Å². The zero-order chi connectivity index (χ0) is 13.7. The predicted octanol–water partition coefficient (Wildman–Crippen LogP) is 2.03. The van der Waals surface area contributed by atoms with Crippen molar-refractivity contribution in [3.8, 4) is 6.07 Å². The average Bonchev–Trinajstić information content (AvgIpc) is 2.89. The number of sulfonamides is 1. The summed E-state index contributed by atoms with van der Waals surface area (Å²) in [4.78, 5) is 7.34. The van der Waals surface area contributed by atoms with Crippen LogP contribution < -0.4 is 4.89 Å². The standard InChI is InChI=1S/C12H10N2O3S2/c13-8-11-6-7-12(18-11)19(15,16)14-17-9-10-4-2-1-3-5-10/h1-7,14H,9H2. The topological polar surface area (TPSA) is 79.2 Å². The summed E-state index contributed by atoms with van der Waals surface area (Å²) >= 11 is 0.894. The highest BCUT2D eigenvalue weighted by Gasteiger charge is 2.16. The minimum Gasteiger partial charge on any atom is -0.282 e. The van der Waals surface area contributed by atoms with Gasteiger partial charge in [-0.25, -0.2) is 8.42 Å². The Kier molecular flexibility index (Phi) is 4.29. The number of nitriles is 1. The molecule has 1 N–H and O–H groups in total. The molecule has 0 saturated carbocycles. The Balaban J connectivity index is 1.97. The lowest BCUT2D eigenvalue weighted by molar-refractivity contribution is 0.0797. The normalized spacial score (nSPS) is 11.1. The quantitative estimate of drug-likeness (QED) is 0.856. The molecule has 98 valence electrons. The van der Waals surface area contributed by atoms with Crippen LogP contribution >= 0.6 is 11.3 Å². The van der Waals surface area contributed by atoms with Crippen LogP contribution in [0, 0.1) is 11.3 Å². The van der Waals surface area contributed by atoms with E-state index in [0.29, 0.717) is 4.88 Å². The molecule has 0 spiro atoms. The molecule has 0 aliphatic carbocycles. The Bertz CT molecular complexity index is 687. The van der Waals surface area contributed by atoms with Gasteiger partial charge in [0.25, 0.3) is 10.0 Å². The fourth-order valence-electron chi connectivity index (χ4n) is 1.33. The minimum atomic E-state index is -3.72. The Labute approximate surface area is 115 Å². The van der Waals surface area contributed by atoms with Gasteiger partial charge in [0, 0.05) is 0 Å². The first-order chi connectivity index (χ1) is 9.12. The molecule has 0 radical (unpaired) electrons. The van der Waals surface area contributed by atoms with Crippen LogP contribution in [0.4, 0.5) is 0 Å². The second-order valence-electron chi connectivity index (χ2n) is 3.59. The maximum atomic E-state index is 11.8. The highest BCUT2D eigenvalue weighted by Crippen LogP contribution is 2.20. The van der Waals surface area contributed by atoms with Gasteiger partial charge in [-0.1, -0.05) is 35.2 Å². The van der Waals surface area contributed by atoms with Gasteiger partial charge in [-0.2, -0.15) is 5.26 Å². The summed E-state index contributed by atoms with van der Waals surface area (Å²) in [5.74, 6) is 0. The number of hydrogen-bond acceptors (Lipinski definition) is 5. The molecule has 5 nitrogen and oxygen atoms in total. The predicted molar refractivity (Wildman–Crippen MR) is 70.6 cm³/mol. The van der Waals surface area contributed by atoms with Crippen LogP contribution in [0.15, 0.2) is 46.7 Å². The Morgan fingerprint density at radius 3 is 2.58 bits per heavy atom. The summed E-state index contributed by atoms with van der Waals surface area (Å²) < 4.78 is 23.7. The zero-order valence-electron chi connectivity index (χ0n) is 9.74. The van der Waals surface area contributed by atoms with Crippen molar-refractivity contribution in [3.05, 3.63) is 52.9 Å². The fraction of sp³-hybridized carbons (Fsp3) is 0.0833. The van der Waals surface area contributed by atoms with Crippen molar-refractivity contribution >= 4 is 21.4 Å². The highest BCUT2D eigenvalue weighted by atomic mass is 32.2. The molecule has 7 heteroatoms. The molecule has 1 aromatic carbocycles. The third kappa shape index (κ3) is 3.62. The number of hydrogen-bond donors (Lipinski definition) is 1. The van der Waals surface area contributed by atoms with Crippen molar-refractivity contribution in [2.75, 3.05) is 0 Å². The van der Waals surface area contributed by atoms with Crippen molar-refractivity contribution in [2.24, 2.45) is 0 Å². The van der Waals surface area contributed by atoms with E-state index in [1.807, 2.05) is 41.3 Å². The first kappa shape index (κ1) is 13.7.